The van der Waals surface area contributed by atoms with Crippen molar-refractivity contribution >= 4 is 32.7 Å². The van der Waals surface area contributed by atoms with Crippen LogP contribution < -0.4 is 4.57 Å². The van der Waals surface area contributed by atoms with Crippen LogP contribution in [0, 0.1) is 5.41 Å². The molecule has 0 amide bonds. The SMILES string of the molecule is C[n+]1ccc2c(oc3c4ccc(CC(C)(C)C)cc4ccc23)c1C(C)(C)C. The minimum absolute atomic E-state index is 0.0117. The van der Waals surface area contributed by atoms with Crippen molar-refractivity contribution in [2.24, 2.45) is 12.5 Å². The van der Waals surface area contributed by atoms with Crippen molar-refractivity contribution in [2.45, 2.75) is 53.4 Å². The molecule has 0 aliphatic heterocycles. The number of fused-ring (bicyclic) bond motifs is 5. The third-order valence-electron chi connectivity index (χ3n) is 5.25. The molecule has 2 heteroatoms. The minimum Gasteiger partial charge on any atom is -0.449 e. The van der Waals surface area contributed by atoms with E-state index in [0.717, 1.165) is 17.6 Å². The van der Waals surface area contributed by atoms with Crippen LogP contribution in [-0.4, -0.2) is 0 Å². The van der Waals surface area contributed by atoms with E-state index in [0.29, 0.717) is 0 Å². The molecule has 0 saturated heterocycles. The molecular formula is C25H30NO+. The van der Waals surface area contributed by atoms with Crippen LogP contribution in [0.15, 0.2) is 47.0 Å². The number of aromatic nitrogens is 1. The first-order valence-corrected chi connectivity index (χ1v) is 9.82. The Labute approximate surface area is 161 Å². The first kappa shape index (κ1) is 18.0. The molecule has 0 fully saturated rings. The van der Waals surface area contributed by atoms with Crippen molar-refractivity contribution in [3.63, 3.8) is 0 Å². The molecule has 4 aromatic rings. The topological polar surface area (TPSA) is 17.0 Å². The minimum atomic E-state index is 0.0117. The highest BCUT2D eigenvalue weighted by Gasteiger charge is 2.30. The monoisotopic (exact) mass is 360 g/mol. The molecular weight excluding hydrogens is 330 g/mol. The zero-order valence-electron chi connectivity index (χ0n) is 17.6. The highest BCUT2D eigenvalue weighted by molar-refractivity contribution is 6.15. The van der Waals surface area contributed by atoms with Crippen LogP contribution in [-0.2, 0) is 18.9 Å². The van der Waals surface area contributed by atoms with Crippen molar-refractivity contribution in [1.29, 1.82) is 0 Å². The second-order valence-corrected chi connectivity index (χ2v) is 10.1. The van der Waals surface area contributed by atoms with Gasteiger partial charge < -0.3 is 4.42 Å². The summed E-state index contributed by atoms with van der Waals surface area (Å²) in [6, 6.07) is 13.4. The van der Waals surface area contributed by atoms with E-state index in [9.17, 15) is 0 Å². The lowest BCUT2D eigenvalue weighted by molar-refractivity contribution is -0.681. The Balaban J connectivity index is 2.01. The maximum atomic E-state index is 6.52. The van der Waals surface area contributed by atoms with Crippen LogP contribution in [0.2, 0.25) is 0 Å². The molecule has 0 atom stereocenters. The summed E-state index contributed by atoms with van der Waals surface area (Å²) in [6.45, 7) is 13.6. The van der Waals surface area contributed by atoms with Gasteiger partial charge in [0.05, 0.1) is 5.41 Å². The molecule has 0 N–H and O–H groups in total. The van der Waals surface area contributed by atoms with Crippen LogP contribution in [0.4, 0.5) is 0 Å². The Hall–Kier alpha value is -2.35. The smallest absolute Gasteiger partial charge is 0.230 e. The van der Waals surface area contributed by atoms with E-state index in [1.54, 1.807) is 0 Å². The van der Waals surface area contributed by atoms with Crippen LogP contribution in [0.25, 0.3) is 32.7 Å². The largest absolute Gasteiger partial charge is 0.449 e. The molecule has 2 nitrogen and oxygen atoms in total. The molecule has 0 bridgehead atoms. The standard InChI is InChI=1S/C25H30NO/c1-24(2,3)15-16-8-10-18-17(14-16)9-11-19-20-12-13-26(7)23(25(4,5)6)22(20)27-21(18)19/h8-14H,15H2,1-7H3/q+1. The Morgan fingerprint density at radius 3 is 2.15 bits per heavy atom. The van der Waals surface area contributed by atoms with E-state index < -0.39 is 0 Å². The number of pyridine rings is 1. The van der Waals surface area contributed by atoms with Gasteiger partial charge in [0.2, 0.25) is 11.3 Å². The highest BCUT2D eigenvalue weighted by Crippen LogP contribution is 2.37. The van der Waals surface area contributed by atoms with E-state index >= 15 is 0 Å². The van der Waals surface area contributed by atoms with Gasteiger partial charge in [-0.2, -0.15) is 0 Å². The molecule has 2 heterocycles. The Morgan fingerprint density at radius 1 is 0.815 bits per heavy atom. The molecule has 0 spiro atoms. The summed E-state index contributed by atoms with van der Waals surface area (Å²) in [5.74, 6) is 0. The molecule has 0 saturated carbocycles. The third kappa shape index (κ3) is 3.12. The quantitative estimate of drug-likeness (QED) is 0.356. The fourth-order valence-electron chi connectivity index (χ4n) is 4.31. The van der Waals surface area contributed by atoms with Crippen LogP contribution in [0.1, 0.15) is 52.8 Å². The van der Waals surface area contributed by atoms with Crippen LogP contribution in [0.3, 0.4) is 0 Å². The van der Waals surface area contributed by atoms with Crippen LogP contribution >= 0.6 is 0 Å². The van der Waals surface area contributed by atoms with Gasteiger partial charge in [0.1, 0.15) is 12.6 Å². The number of furan rings is 1. The lowest BCUT2D eigenvalue weighted by atomic mass is 9.87. The van der Waals surface area contributed by atoms with Crippen molar-refractivity contribution in [2.75, 3.05) is 0 Å². The summed E-state index contributed by atoms with van der Waals surface area (Å²) in [5.41, 5.74) is 4.92. The summed E-state index contributed by atoms with van der Waals surface area (Å²) in [4.78, 5) is 0. The average molecular weight is 361 g/mol. The Bertz CT molecular complexity index is 1170. The number of nitrogens with zero attached hydrogens (tertiary/aromatic N) is 1. The van der Waals surface area contributed by atoms with Gasteiger partial charge >= 0.3 is 0 Å². The molecule has 4 rings (SSSR count). The average Bonchev–Trinajstić information content (AvgIpc) is 2.89. The first-order chi connectivity index (χ1) is 12.5. The predicted octanol–water partition coefficient (Wildman–Crippen LogP) is 6.45. The Kier molecular flexibility index (Phi) is 3.89. The summed E-state index contributed by atoms with van der Waals surface area (Å²) in [6.07, 6.45) is 3.22. The summed E-state index contributed by atoms with van der Waals surface area (Å²) >= 11 is 0. The van der Waals surface area contributed by atoms with E-state index in [1.807, 2.05) is 0 Å². The molecule has 27 heavy (non-hydrogen) atoms. The van der Waals surface area contributed by atoms with E-state index in [4.69, 9.17) is 4.42 Å². The maximum absolute atomic E-state index is 6.52. The second kappa shape index (κ2) is 5.82. The van der Waals surface area contributed by atoms with E-state index in [-0.39, 0.29) is 10.8 Å². The Morgan fingerprint density at radius 2 is 1.48 bits per heavy atom. The van der Waals surface area contributed by atoms with Crippen molar-refractivity contribution in [3.8, 4) is 0 Å². The fraction of sp³-hybridized carbons (Fsp3) is 0.400. The van der Waals surface area contributed by atoms with Gasteiger partial charge in [-0.15, -0.1) is 0 Å². The highest BCUT2D eigenvalue weighted by atomic mass is 16.3. The van der Waals surface area contributed by atoms with E-state index in [2.05, 4.69) is 95.8 Å². The van der Waals surface area contributed by atoms with E-state index in [1.165, 1.54) is 32.8 Å². The molecule has 2 aromatic carbocycles. The van der Waals surface area contributed by atoms with Gasteiger partial charge in [0.25, 0.3) is 0 Å². The normalized spacial score (nSPS) is 13.1. The molecule has 140 valence electrons. The van der Waals surface area contributed by atoms with Gasteiger partial charge in [0.15, 0.2) is 6.20 Å². The van der Waals surface area contributed by atoms with Gasteiger partial charge in [-0.3, -0.25) is 0 Å². The van der Waals surface area contributed by atoms with Crippen molar-refractivity contribution in [1.82, 2.24) is 0 Å². The summed E-state index contributed by atoms with van der Waals surface area (Å²) in [5, 5.41) is 4.86. The summed E-state index contributed by atoms with van der Waals surface area (Å²) < 4.78 is 8.71. The predicted molar refractivity (Wildman–Crippen MR) is 114 cm³/mol. The lowest BCUT2D eigenvalue weighted by Gasteiger charge is -2.18. The zero-order valence-corrected chi connectivity index (χ0v) is 17.6. The zero-order chi connectivity index (χ0) is 19.6. The first-order valence-electron chi connectivity index (χ1n) is 9.82. The molecule has 0 radical (unpaired) electrons. The molecule has 2 aromatic heterocycles. The number of hydrogen-bond acceptors (Lipinski definition) is 1. The third-order valence-corrected chi connectivity index (χ3v) is 5.25. The van der Waals surface area contributed by atoms with Gasteiger partial charge in [-0.1, -0.05) is 65.8 Å². The van der Waals surface area contributed by atoms with Crippen molar-refractivity contribution < 1.29 is 8.98 Å². The van der Waals surface area contributed by atoms with Crippen LogP contribution in [0.5, 0.6) is 0 Å². The number of hydrogen-bond donors (Lipinski definition) is 0. The number of rotatable bonds is 1. The van der Waals surface area contributed by atoms with Gasteiger partial charge in [-0.05, 0) is 28.9 Å². The van der Waals surface area contributed by atoms with Gasteiger partial charge in [-0.25, -0.2) is 4.57 Å². The molecule has 0 unspecified atom stereocenters. The number of benzene rings is 2. The van der Waals surface area contributed by atoms with Crippen molar-refractivity contribution in [3.05, 3.63) is 53.9 Å². The number of aryl methyl sites for hydroxylation is 1. The lowest BCUT2D eigenvalue weighted by Crippen LogP contribution is -2.39. The summed E-state index contributed by atoms with van der Waals surface area (Å²) in [7, 11) is 2.10. The molecule has 0 aliphatic carbocycles. The maximum Gasteiger partial charge on any atom is 0.230 e. The molecule has 0 aliphatic rings. The second-order valence-electron chi connectivity index (χ2n) is 10.1. The van der Waals surface area contributed by atoms with Gasteiger partial charge in [0, 0.05) is 22.2 Å². The fourth-order valence-corrected chi connectivity index (χ4v) is 4.31.